The topological polar surface area (TPSA) is 84.5 Å². The molecule has 0 heterocycles. The van der Waals surface area contributed by atoms with Crippen LogP contribution in [0.25, 0.3) is 11.1 Å². The van der Waals surface area contributed by atoms with Crippen molar-refractivity contribution in [1.29, 1.82) is 0 Å². The Morgan fingerprint density at radius 3 is 2.11 bits per heavy atom. The highest BCUT2D eigenvalue weighted by Crippen LogP contribution is 2.29. The summed E-state index contributed by atoms with van der Waals surface area (Å²) in [6, 6.07) is 24.7. The van der Waals surface area contributed by atoms with E-state index in [4.69, 9.17) is 4.74 Å². The molecule has 0 spiro atoms. The van der Waals surface area contributed by atoms with E-state index in [1.54, 1.807) is 30.3 Å². The van der Waals surface area contributed by atoms with Crippen LogP contribution in [0, 0.1) is 0 Å². The Labute approximate surface area is 157 Å². The molecule has 6 nitrogen and oxygen atoms in total. The zero-order valence-corrected chi connectivity index (χ0v) is 15.1. The highest BCUT2D eigenvalue weighted by Gasteiger charge is 2.15. The van der Waals surface area contributed by atoms with Crippen LogP contribution in [-0.2, 0) is 14.8 Å². The summed E-state index contributed by atoms with van der Waals surface area (Å²) >= 11 is 0. The van der Waals surface area contributed by atoms with Crippen molar-refractivity contribution in [2.24, 2.45) is 0 Å². The zero-order valence-electron chi connectivity index (χ0n) is 14.3. The summed E-state index contributed by atoms with van der Waals surface area (Å²) in [6.45, 7) is -0.332. The second-order valence-corrected chi connectivity index (χ2v) is 7.30. The maximum Gasteiger partial charge on any atom is 0.272 e. The minimum atomic E-state index is -3.83. The molecule has 0 saturated carbocycles. The quantitative estimate of drug-likeness (QED) is 0.616. The van der Waals surface area contributed by atoms with E-state index < -0.39 is 15.9 Å². The van der Waals surface area contributed by atoms with Gasteiger partial charge in [-0.2, -0.15) is 0 Å². The lowest BCUT2D eigenvalue weighted by atomic mass is 10.1. The maximum atomic E-state index is 12.1. The van der Waals surface area contributed by atoms with Crippen molar-refractivity contribution in [3.63, 3.8) is 0 Å². The number of amides is 1. The van der Waals surface area contributed by atoms with Gasteiger partial charge in [-0.25, -0.2) is 8.42 Å². The SMILES string of the molecule is O=C(COc1ccccc1-c1ccccc1)NNS(=O)(=O)c1ccccc1. The molecular weight excluding hydrogens is 364 g/mol. The molecule has 27 heavy (non-hydrogen) atoms. The number of para-hydroxylation sites is 1. The standard InChI is InChI=1S/C20H18N2O4S/c23-20(21-22-27(24,25)17-11-5-2-6-12-17)15-26-19-14-8-7-13-18(19)16-9-3-1-4-10-16/h1-14,22H,15H2,(H,21,23). The first-order valence-electron chi connectivity index (χ1n) is 8.19. The maximum absolute atomic E-state index is 12.1. The summed E-state index contributed by atoms with van der Waals surface area (Å²) in [5, 5.41) is 0. The smallest absolute Gasteiger partial charge is 0.272 e. The van der Waals surface area contributed by atoms with Crippen molar-refractivity contribution >= 4 is 15.9 Å². The summed E-state index contributed by atoms with van der Waals surface area (Å²) in [4.78, 5) is 14.1. The second kappa shape index (κ2) is 8.48. The number of hydrogen-bond donors (Lipinski definition) is 2. The molecule has 138 valence electrons. The van der Waals surface area contributed by atoms with Gasteiger partial charge < -0.3 is 4.74 Å². The van der Waals surface area contributed by atoms with E-state index in [1.165, 1.54) is 12.1 Å². The van der Waals surface area contributed by atoms with Crippen LogP contribution in [-0.4, -0.2) is 20.9 Å². The Kier molecular flexibility index (Phi) is 5.85. The molecule has 3 aromatic carbocycles. The van der Waals surface area contributed by atoms with Gasteiger partial charge in [-0.3, -0.25) is 10.2 Å². The van der Waals surface area contributed by atoms with Crippen LogP contribution in [0.4, 0.5) is 0 Å². The van der Waals surface area contributed by atoms with Gasteiger partial charge in [-0.15, -0.1) is 4.83 Å². The third-order valence-electron chi connectivity index (χ3n) is 3.71. The Hall–Kier alpha value is -3.16. The lowest BCUT2D eigenvalue weighted by Crippen LogP contribution is -2.43. The Bertz CT molecular complexity index is 1010. The van der Waals surface area contributed by atoms with Crippen LogP contribution < -0.4 is 15.0 Å². The van der Waals surface area contributed by atoms with E-state index in [1.807, 2.05) is 42.5 Å². The van der Waals surface area contributed by atoms with Crippen molar-refractivity contribution in [2.45, 2.75) is 4.90 Å². The molecule has 0 saturated heterocycles. The van der Waals surface area contributed by atoms with Gasteiger partial charge in [0.1, 0.15) is 5.75 Å². The Morgan fingerprint density at radius 2 is 1.41 bits per heavy atom. The number of nitrogens with one attached hydrogen (secondary N) is 2. The number of carbonyl (C=O) groups excluding carboxylic acids is 1. The number of benzene rings is 3. The van der Waals surface area contributed by atoms with Crippen molar-refractivity contribution in [3.05, 3.63) is 84.9 Å². The first-order valence-corrected chi connectivity index (χ1v) is 9.67. The van der Waals surface area contributed by atoms with Crippen LogP contribution in [0.2, 0.25) is 0 Å². The normalized spacial score (nSPS) is 11.0. The van der Waals surface area contributed by atoms with Gasteiger partial charge in [0.25, 0.3) is 15.9 Å². The average molecular weight is 382 g/mol. The van der Waals surface area contributed by atoms with Gasteiger partial charge in [-0.05, 0) is 23.8 Å². The molecular formula is C20H18N2O4S. The predicted octanol–water partition coefficient (Wildman–Crippen LogP) is 2.74. The van der Waals surface area contributed by atoms with Gasteiger partial charge in [0, 0.05) is 5.56 Å². The molecule has 0 atom stereocenters. The minimum Gasteiger partial charge on any atom is -0.483 e. The summed E-state index contributed by atoms with van der Waals surface area (Å²) in [7, 11) is -3.83. The summed E-state index contributed by atoms with van der Waals surface area (Å²) in [5.74, 6) is -0.0814. The van der Waals surface area contributed by atoms with Crippen molar-refractivity contribution in [2.75, 3.05) is 6.61 Å². The third kappa shape index (κ3) is 4.93. The highest BCUT2D eigenvalue weighted by molar-refractivity contribution is 7.89. The van der Waals surface area contributed by atoms with Crippen LogP contribution in [0.15, 0.2) is 89.8 Å². The molecule has 0 aliphatic heterocycles. The molecule has 7 heteroatoms. The van der Waals surface area contributed by atoms with Gasteiger partial charge in [0.05, 0.1) is 4.90 Å². The molecule has 3 aromatic rings. The van der Waals surface area contributed by atoms with Crippen molar-refractivity contribution in [3.8, 4) is 16.9 Å². The van der Waals surface area contributed by atoms with E-state index in [-0.39, 0.29) is 11.5 Å². The summed E-state index contributed by atoms with van der Waals surface area (Å²) in [5.41, 5.74) is 3.95. The van der Waals surface area contributed by atoms with Crippen molar-refractivity contribution < 1.29 is 17.9 Å². The molecule has 2 N–H and O–H groups in total. The fourth-order valence-corrected chi connectivity index (χ4v) is 3.29. The van der Waals surface area contributed by atoms with E-state index in [0.29, 0.717) is 5.75 Å². The predicted molar refractivity (Wildman–Crippen MR) is 102 cm³/mol. The first kappa shape index (κ1) is 18.6. The molecule has 0 aromatic heterocycles. The number of carbonyl (C=O) groups is 1. The van der Waals surface area contributed by atoms with Gasteiger partial charge in [-0.1, -0.05) is 66.7 Å². The zero-order chi connectivity index (χ0) is 19.1. The van der Waals surface area contributed by atoms with Crippen molar-refractivity contribution in [1.82, 2.24) is 10.3 Å². The van der Waals surface area contributed by atoms with E-state index in [0.717, 1.165) is 11.1 Å². The van der Waals surface area contributed by atoms with E-state index >= 15 is 0 Å². The number of hydrogen-bond acceptors (Lipinski definition) is 4. The van der Waals surface area contributed by atoms with Crippen LogP contribution in [0.5, 0.6) is 5.75 Å². The lowest BCUT2D eigenvalue weighted by Gasteiger charge is -2.12. The monoisotopic (exact) mass is 382 g/mol. The minimum absolute atomic E-state index is 0.0561. The van der Waals surface area contributed by atoms with E-state index in [9.17, 15) is 13.2 Å². The number of sulfonamides is 1. The number of ether oxygens (including phenoxy) is 1. The molecule has 0 fully saturated rings. The molecule has 0 unspecified atom stereocenters. The number of rotatable bonds is 7. The van der Waals surface area contributed by atoms with Gasteiger partial charge >= 0.3 is 0 Å². The van der Waals surface area contributed by atoms with Gasteiger partial charge in [0.2, 0.25) is 0 Å². The third-order valence-corrected chi connectivity index (χ3v) is 4.97. The molecule has 0 radical (unpaired) electrons. The molecule has 3 rings (SSSR count). The summed E-state index contributed by atoms with van der Waals surface area (Å²) < 4.78 is 29.7. The average Bonchev–Trinajstić information content (AvgIpc) is 2.72. The summed E-state index contributed by atoms with van der Waals surface area (Å²) in [6.07, 6.45) is 0. The van der Waals surface area contributed by atoms with Crippen LogP contribution in [0.1, 0.15) is 0 Å². The van der Waals surface area contributed by atoms with Gasteiger partial charge in [0.15, 0.2) is 6.61 Å². The largest absolute Gasteiger partial charge is 0.483 e. The lowest BCUT2D eigenvalue weighted by molar-refractivity contribution is -0.123. The highest BCUT2D eigenvalue weighted by atomic mass is 32.2. The molecule has 0 bridgehead atoms. The van der Waals surface area contributed by atoms with Crippen LogP contribution >= 0.6 is 0 Å². The molecule has 0 aliphatic carbocycles. The fraction of sp³-hybridized carbons (Fsp3) is 0.0500. The first-order chi connectivity index (χ1) is 13.1. The number of hydrazine groups is 1. The van der Waals surface area contributed by atoms with Crippen LogP contribution in [0.3, 0.4) is 0 Å². The molecule has 1 amide bonds. The Balaban J connectivity index is 1.61. The fourth-order valence-electron chi connectivity index (χ4n) is 2.41. The molecule has 0 aliphatic rings. The Morgan fingerprint density at radius 1 is 0.815 bits per heavy atom. The van der Waals surface area contributed by atoms with E-state index in [2.05, 4.69) is 10.3 Å². The second-order valence-electron chi connectivity index (χ2n) is 5.62.